The maximum Gasteiger partial charge on any atom is 0.309 e. The van der Waals surface area contributed by atoms with E-state index < -0.39 is 11.4 Å². The molecule has 0 saturated carbocycles. The number of nitrogens with one attached hydrogen (secondary N) is 2. The van der Waals surface area contributed by atoms with Crippen molar-refractivity contribution >= 4 is 21.9 Å². The number of rotatable bonds is 7. The van der Waals surface area contributed by atoms with E-state index in [0.717, 1.165) is 21.6 Å². The van der Waals surface area contributed by atoms with Crippen molar-refractivity contribution < 1.29 is 9.90 Å². The van der Waals surface area contributed by atoms with Gasteiger partial charge < -0.3 is 15.4 Å². The van der Waals surface area contributed by atoms with Gasteiger partial charge in [-0.2, -0.15) is 0 Å². The zero-order valence-corrected chi connectivity index (χ0v) is 14.3. The smallest absolute Gasteiger partial charge is 0.309 e. The molecule has 0 amide bonds. The number of aliphatic carboxylic acids is 1. The van der Waals surface area contributed by atoms with Crippen LogP contribution >= 0.6 is 15.9 Å². The first-order chi connectivity index (χ1) is 10.4. The number of carboxylic acids is 1. The van der Waals surface area contributed by atoms with E-state index in [1.54, 1.807) is 20.0 Å². The number of aromatic amines is 1. The summed E-state index contributed by atoms with van der Waals surface area (Å²) in [5.41, 5.74) is 1.34. The largest absolute Gasteiger partial charge is 0.481 e. The molecule has 0 atom stereocenters. The first kappa shape index (κ1) is 16.7. The molecule has 0 aliphatic carbocycles. The van der Waals surface area contributed by atoms with Gasteiger partial charge in [0.1, 0.15) is 5.82 Å². The highest BCUT2D eigenvalue weighted by molar-refractivity contribution is 9.10. The number of benzene rings is 1. The van der Waals surface area contributed by atoms with E-state index in [9.17, 15) is 4.79 Å². The van der Waals surface area contributed by atoms with E-state index in [-0.39, 0.29) is 0 Å². The molecule has 0 fully saturated rings. The van der Waals surface area contributed by atoms with Gasteiger partial charge in [-0.15, -0.1) is 0 Å². The van der Waals surface area contributed by atoms with Crippen LogP contribution in [0.1, 0.15) is 26.1 Å². The van der Waals surface area contributed by atoms with Crippen molar-refractivity contribution in [2.75, 3.05) is 6.54 Å². The molecule has 118 valence electrons. The van der Waals surface area contributed by atoms with Crippen LogP contribution in [0, 0.1) is 5.41 Å². The van der Waals surface area contributed by atoms with Gasteiger partial charge in [0, 0.05) is 4.47 Å². The third-order valence-electron chi connectivity index (χ3n) is 3.58. The van der Waals surface area contributed by atoms with Crippen molar-refractivity contribution in [2.45, 2.75) is 26.8 Å². The Hall–Kier alpha value is -1.66. The lowest BCUT2D eigenvalue weighted by Gasteiger charge is -2.18. The second kappa shape index (κ2) is 7.07. The number of halogens is 1. The normalized spacial score (nSPS) is 11.6. The Morgan fingerprint density at radius 1 is 1.36 bits per heavy atom. The van der Waals surface area contributed by atoms with Crippen molar-refractivity contribution in [3.63, 3.8) is 0 Å². The highest BCUT2D eigenvalue weighted by Gasteiger charge is 2.26. The number of carbonyl (C=O) groups is 1. The lowest BCUT2D eigenvalue weighted by molar-refractivity contribution is -0.147. The highest BCUT2D eigenvalue weighted by Crippen LogP contribution is 2.21. The van der Waals surface area contributed by atoms with Gasteiger partial charge in [0.25, 0.3) is 0 Å². The Bertz CT molecular complexity index is 635. The van der Waals surface area contributed by atoms with Crippen molar-refractivity contribution in [3.05, 3.63) is 40.8 Å². The second-order valence-electron chi connectivity index (χ2n) is 5.87. The predicted molar refractivity (Wildman–Crippen MR) is 89.5 cm³/mol. The number of H-pyrrole nitrogens is 1. The van der Waals surface area contributed by atoms with Crippen LogP contribution in [-0.2, 0) is 11.3 Å². The lowest BCUT2D eigenvalue weighted by atomic mass is 9.90. The number of carboxylic acid groups (broad SMARTS) is 1. The number of imidazole rings is 1. The van der Waals surface area contributed by atoms with Crippen molar-refractivity contribution in [3.8, 4) is 11.3 Å². The minimum absolute atomic E-state index is 0.572. The van der Waals surface area contributed by atoms with Crippen LogP contribution in [0.15, 0.2) is 34.9 Å². The van der Waals surface area contributed by atoms with E-state index in [4.69, 9.17) is 5.11 Å². The van der Waals surface area contributed by atoms with Gasteiger partial charge >= 0.3 is 5.97 Å². The summed E-state index contributed by atoms with van der Waals surface area (Å²) in [4.78, 5) is 18.6. The first-order valence-corrected chi connectivity index (χ1v) is 7.92. The van der Waals surface area contributed by atoms with Gasteiger partial charge in [-0.25, -0.2) is 4.98 Å². The molecule has 2 aromatic rings. The molecular formula is C16H20BrN3O2. The summed E-state index contributed by atoms with van der Waals surface area (Å²) in [6.07, 6.45) is 2.38. The molecule has 22 heavy (non-hydrogen) atoms. The summed E-state index contributed by atoms with van der Waals surface area (Å²) in [6.45, 7) is 4.69. The summed E-state index contributed by atoms with van der Waals surface area (Å²) in [5.74, 6) is 0.0656. The first-order valence-electron chi connectivity index (χ1n) is 7.12. The van der Waals surface area contributed by atoms with Crippen molar-refractivity contribution in [1.29, 1.82) is 0 Å². The van der Waals surface area contributed by atoms with Crippen LogP contribution in [0.25, 0.3) is 11.3 Å². The van der Waals surface area contributed by atoms with E-state index in [0.29, 0.717) is 19.5 Å². The number of aromatic nitrogens is 2. The van der Waals surface area contributed by atoms with Crippen LogP contribution in [0.4, 0.5) is 0 Å². The Labute approximate surface area is 138 Å². The summed E-state index contributed by atoms with van der Waals surface area (Å²) < 4.78 is 1.04. The molecule has 2 rings (SSSR count). The fourth-order valence-electron chi connectivity index (χ4n) is 1.94. The second-order valence-corrected chi connectivity index (χ2v) is 6.78. The van der Waals surface area contributed by atoms with Crippen LogP contribution < -0.4 is 5.32 Å². The molecule has 1 aromatic heterocycles. The number of hydrogen-bond acceptors (Lipinski definition) is 3. The van der Waals surface area contributed by atoms with Crippen molar-refractivity contribution in [1.82, 2.24) is 15.3 Å². The van der Waals surface area contributed by atoms with E-state index >= 15 is 0 Å². The van der Waals surface area contributed by atoms with Crippen LogP contribution in [0.3, 0.4) is 0 Å². The molecule has 6 heteroatoms. The summed E-state index contributed by atoms with van der Waals surface area (Å²) in [6, 6.07) is 8.01. The maximum absolute atomic E-state index is 11.0. The predicted octanol–water partition coefficient (Wildman–Crippen LogP) is 3.43. The molecular weight excluding hydrogens is 346 g/mol. The molecule has 0 unspecified atom stereocenters. The Morgan fingerprint density at radius 3 is 2.68 bits per heavy atom. The summed E-state index contributed by atoms with van der Waals surface area (Å²) in [7, 11) is 0. The van der Waals surface area contributed by atoms with Gasteiger partial charge in [0.15, 0.2) is 0 Å². The Balaban J connectivity index is 1.85. The van der Waals surface area contributed by atoms with E-state index in [1.807, 2.05) is 24.3 Å². The zero-order valence-electron chi connectivity index (χ0n) is 12.7. The van der Waals surface area contributed by atoms with E-state index in [2.05, 4.69) is 31.2 Å². The molecule has 3 N–H and O–H groups in total. The molecule has 0 aliphatic rings. The minimum atomic E-state index is -0.773. The van der Waals surface area contributed by atoms with Crippen LogP contribution in [0.2, 0.25) is 0 Å². The number of hydrogen-bond donors (Lipinski definition) is 3. The van der Waals surface area contributed by atoms with Crippen molar-refractivity contribution in [2.24, 2.45) is 5.41 Å². The topological polar surface area (TPSA) is 78.0 Å². The highest BCUT2D eigenvalue weighted by atomic mass is 79.9. The monoisotopic (exact) mass is 365 g/mol. The Morgan fingerprint density at radius 2 is 2.05 bits per heavy atom. The molecule has 0 aliphatic heterocycles. The number of nitrogens with zero attached hydrogens (tertiary/aromatic N) is 1. The average molecular weight is 366 g/mol. The molecule has 0 radical (unpaired) electrons. The van der Waals surface area contributed by atoms with Gasteiger partial charge in [-0.3, -0.25) is 4.79 Å². The standard InChI is InChI=1S/C16H20BrN3O2/c1-16(2,15(21)22)7-8-18-10-14-19-9-13(20-14)11-3-5-12(17)6-4-11/h3-6,9,18H,7-8,10H2,1-2H3,(H,19,20)(H,21,22). The Kier molecular flexibility index (Phi) is 5.37. The lowest BCUT2D eigenvalue weighted by Crippen LogP contribution is -2.29. The summed E-state index contributed by atoms with van der Waals surface area (Å²) in [5, 5.41) is 12.3. The fraction of sp³-hybridized carbons (Fsp3) is 0.375. The zero-order chi connectivity index (χ0) is 16.2. The molecule has 5 nitrogen and oxygen atoms in total. The van der Waals surface area contributed by atoms with Gasteiger partial charge in [0.05, 0.1) is 23.9 Å². The molecule has 0 spiro atoms. The quantitative estimate of drug-likeness (QED) is 0.656. The fourth-order valence-corrected chi connectivity index (χ4v) is 2.21. The minimum Gasteiger partial charge on any atom is -0.481 e. The molecule has 1 aromatic carbocycles. The maximum atomic E-state index is 11.0. The van der Waals surface area contributed by atoms with Gasteiger partial charge in [0.2, 0.25) is 0 Å². The molecule has 0 saturated heterocycles. The summed E-state index contributed by atoms with van der Waals surface area (Å²) >= 11 is 3.41. The van der Waals surface area contributed by atoms with E-state index in [1.165, 1.54) is 0 Å². The third-order valence-corrected chi connectivity index (χ3v) is 4.11. The molecule has 1 heterocycles. The van der Waals surface area contributed by atoms with Gasteiger partial charge in [-0.05, 0) is 44.5 Å². The van der Waals surface area contributed by atoms with Gasteiger partial charge in [-0.1, -0.05) is 28.1 Å². The van der Waals surface area contributed by atoms with Crippen LogP contribution in [-0.4, -0.2) is 27.6 Å². The average Bonchev–Trinajstić information content (AvgIpc) is 2.93. The van der Waals surface area contributed by atoms with Crippen LogP contribution in [0.5, 0.6) is 0 Å². The third kappa shape index (κ3) is 4.42. The SMILES string of the molecule is CC(C)(CCNCc1ncc(-c2ccc(Br)cc2)[nH]1)C(=O)O. The molecule has 0 bridgehead atoms.